The van der Waals surface area contributed by atoms with Gasteiger partial charge in [-0.2, -0.15) is 0 Å². The van der Waals surface area contributed by atoms with E-state index in [0.29, 0.717) is 0 Å². The van der Waals surface area contributed by atoms with E-state index in [1.54, 1.807) is 0 Å². The van der Waals surface area contributed by atoms with Crippen LogP contribution in [0.2, 0.25) is 0 Å². The second-order valence-corrected chi connectivity index (χ2v) is 6.98. The van der Waals surface area contributed by atoms with Gasteiger partial charge in [0, 0.05) is 13.1 Å². The van der Waals surface area contributed by atoms with Crippen LogP contribution in [0.1, 0.15) is 46.0 Å². The number of likely N-dealkylation sites (tertiary alicyclic amines) is 2. The van der Waals surface area contributed by atoms with Crippen molar-refractivity contribution in [2.45, 2.75) is 46.0 Å². The van der Waals surface area contributed by atoms with Gasteiger partial charge >= 0.3 is 0 Å². The van der Waals surface area contributed by atoms with E-state index < -0.39 is 0 Å². The maximum Gasteiger partial charge on any atom is 0.000917 e. The van der Waals surface area contributed by atoms with E-state index in [2.05, 4.69) is 30.7 Å². The van der Waals surface area contributed by atoms with E-state index in [1.165, 1.54) is 64.8 Å². The van der Waals surface area contributed by atoms with E-state index in [9.17, 15) is 0 Å². The van der Waals surface area contributed by atoms with E-state index >= 15 is 0 Å². The fraction of sp³-hybridized carbons (Fsp3) is 1.00. The van der Waals surface area contributed by atoms with Crippen molar-refractivity contribution >= 4 is 0 Å². The molecule has 0 aromatic heterocycles. The van der Waals surface area contributed by atoms with Crippen molar-refractivity contribution in [3.05, 3.63) is 0 Å². The Kier molecular flexibility index (Phi) is 5.50. The molecule has 18 heavy (non-hydrogen) atoms. The van der Waals surface area contributed by atoms with Crippen LogP contribution >= 0.6 is 0 Å². The predicted octanol–water partition coefficient (Wildman–Crippen LogP) is 3.09. The van der Waals surface area contributed by atoms with Crippen molar-refractivity contribution in [2.24, 2.45) is 17.8 Å². The highest BCUT2D eigenvalue weighted by molar-refractivity contribution is 4.77. The molecule has 0 bridgehead atoms. The summed E-state index contributed by atoms with van der Waals surface area (Å²) in [4.78, 5) is 5.23. The fourth-order valence-electron chi connectivity index (χ4n) is 3.78. The Morgan fingerprint density at radius 2 is 1.89 bits per heavy atom. The van der Waals surface area contributed by atoms with E-state index in [-0.39, 0.29) is 0 Å². The Bertz CT molecular complexity index is 241. The lowest BCUT2D eigenvalue weighted by Crippen LogP contribution is -2.38. The van der Waals surface area contributed by atoms with Gasteiger partial charge in [-0.1, -0.05) is 13.8 Å². The first-order valence-corrected chi connectivity index (χ1v) is 8.06. The van der Waals surface area contributed by atoms with Crippen LogP contribution in [0.25, 0.3) is 0 Å². The van der Waals surface area contributed by atoms with Crippen molar-refractivity contribution in [3.63, 3.8) is 0 Å². The summed E-state index contributed by atoms with van der Waals surface area (Å²) in [5, 5.41) is 0. The SMILES string of the molecule is CC(CCN1CCC[C@@H](C)C1)C1CCCN(C)C1. The average molecular weight is 252 g/mol. The number of piperidine rings is 2. The third kappa shape index (κ3) is 4.24. The second-order valence-electron chi connectivity index (χ2n) is 6.98. The molecule has 0 aromatic carbocycles. The molecule has 106 valence electrons. The molecule has 2 unspecified atom stereocenters. The number of hydrogen-bond donors (Lipinski definition) is 0. The molecule has 0 spiro atoms. The third-order valence-electron chi connectivity index (χ3n) is 5.11. The summed E-state index contributed by atoms with van der Waals surface area (Å²) < 4.78 is 0. The predicted molar refractivity (Wildman–Crippen MR) is 78.8 cm³/mol. The molecule has 2 rings (SSSR count). The van der Waals surface area contributed by atoms with E-state index in [0.717, 1.165) is 17.8 Å². The molecule has 0 N–H and O–H groups in total. The summed E-state index contributed by atoms with van der Waals surface area (Å²) >= 11 is 0. The molecule has 2 heteroatoms. The summed E-state index contributed by atoms with van der Waals surface area (Å²) in [5.41, 5.74) is 0. The lowest BCUT2D eigenvalue weighted by atomic mass is 9.84. The van der Waals surface area contributed by atoms with Crippen LogP contribution in [0.5, 0.6) is 0 Å². The Balaban J connectivity index is 1.68. The molecule has 0 saturated carbocycles. The molecule has 0 amide bonds. The van der Waals surface area contributed by atoms with Gasteiger partial charge in [0.25, 0.3) is 0 Å². The Hall–Kier alpha value is -0.0800. The lowest BCUT2D eigenvalue weighted by molar-refractivity contribution is 0.134. The molecule has 2 aliphatic rings. The molecular formula is C16H32N2. The minimum atomic E-state index is 0.907. The van der Waals surface area contributed by atoms with Gasteiger partial charge in [-0.05, 0) is 76.5 Å². The largest absolute Gasteiger partial charge is 0.306 e. The number of hydrogen-bond acceptors (Lipinski definition) is 2. The Morgan fingerprint density at radius 3 is 2.61 bits per heavy atom. The van der Waals surface area contributed by atoms with Gasteiger partial charge in [0.15, 0.2) is 0 Å². The van der Waals surface area contributed by atoms with Crippen molar-refractivity contribution in [3.8, 4) is 0 Å². The Morgan fingerprint density at radius 1 is 1.11 bits per heavy atom. The zero-order valence-corrected chi connectivity index (χ0v) is 12.7. The number of rotatable bonds is 4. The van der Waals surface area contributed by atoms with Crippen molar-refractivity contribution < 1.29 is 0 Å². The van der Waals surface area contributed by atoms with Gasteiger partial charge in [-0.25, -0.2) is 0 Å². The Labute approximate surface area is 114 Å². The fourth-order valence-corrected chi connectivity index (χ4v) is 3.78. The molecule has 2 saturated heterocycles. The van der Waals surface area contributed by atoms with Crippen LogP contribution < -0.4 is 0 Å². The molecule has 0 aromatic rings. The highest BCUT2D eigenvalue weighted by atomic mass is 15.1. The van der Waals surface area contributed by atoms with Crippen LogP contribution in [0, 0.1) is 17.8 Å². The van der Waals surface area contributed by atoms with Crippen LogP contribution in [0.4, 0.5) is 0 Å². The zero-order chi connectivity index (χ0) is 13.0. The normalized spacial score (nSPS) is 33.5. The average Bonchev–Trinajstić information content (AvgIpc) is 2.36. The van der Waals surface area contributed by atoms with Crippen LogP contribution in [0.15, 0.2) is 0 Å². The molecule has 0 aliphatic carbocycles. The van der Waals surface area contributed by atoms with Crippen LogP contribution in [0.3, 0.4) is 0 Å². The highest BCUT2D eigenvalue weighted by Gasteiger charge is 2.23. The summed E-state index contributed by atoms with van der Waals surface area (Å²) in [6, 6.07) is 0. The lowest BCUT2D eigenvalue weighted by Gasteiger charge is -2.36. The summed E-state index contributed by atoms with van der Waals surface area (Å²) in [5.74, 6) is 2.78. The van der Waals surface area contributed by atoms with Gasteiger partial charge in [-0.15, -0.1) is 0 Å². The topological polar surface area (TPSA) is 6.48 Å². The monoisotopic (exact) mass is 252 g/mol. The van der Waals surface area contributed by atoms with E-state index in [4.69, 9.17) is 0 Å². The minimum Gasteiger partial charge on any atom is -0.306 e. The molecule has 2 fully saturated rings. The first-order valence-electron chi connectivity index (χ1n) is 8.06. The zero-order valence-electron chi connectivity index (χ0n) is 12.7. The van der Waals surface area contributed by atoms with Crippen molar-refractivity contribution in [1.82, 2.24) is 9.80 Å². The molecule has 2 heterocycles. The van der Waals surface area contributed by atoms with Gasteiger partial charge in [0.1, 0.15) is 0 Å². The standard InChI is InChI=1S/C16H32N2/c1-14-6-4-10-18(12-14)11-8-15(2)16-7-5-9-17(3)13-16/h14-16H,4-13H2,1-3H3/t14-,15?,16?/m1/s1. The van der Waals surface area contributed by atoms with Crippen molar-refractivity contribution in [1.29, 1.82) is 0 Å². The smallest absolute Gasteiger partial charge is 0.000917 e. The number of nitrogens with zero attached hydrogens (tertiary/aromatic N) is 2. The van der Waals surface area contributed by atoms with Crippen LogP contribution in [-0.4, -0.2) is 49.6 Å². The van der Waals surface area contributed by atoms with Gasteiger partial charge in [0.2, 0.25) is 0 Å². The second kappa shape index (κ2) is 6.91. The van der Waals surface area contributed by atoms with Gasteiger partial charge < -0.3 is 9.80 Å². The maximum absolute atomic E-state index is 2.71. The van der Waals surface area contributed by atoms with Crippen molar-refractivity contribution in [2.75, 3.05) is 39.8 Å². The first-order chi connectivity index (χ1) is 8.65. The first kappa shape index (κ1) is 14.3. The summed E-state index contributed by atoms with van der Waals surface area (Å²) in [6.07, 6.45) is 7.14. The molecule has 2 aliphatic heterocycles. The molecule has 3 atom stereocenters. The molecule has 2 nitrogen and oxygen atoms in total. The van der Waals surface area contributed by atoms with Gasteiger partial charge in [-0.3, -0.25) is 0 Å². The minimum absolute atomic E-state index is 0.907. The van der Waals surface area contributed by atoms with Gasteiger partial charge in [0.05, 0.1) is 0 Å². The van der Waals surface area contributed by atoms with Crippen LogP contribution in [-0.2, 0) is 0 Å². The quantitative estimate of drug-likeness (QED) is 0.758. The van der Waals surface area contributed by atoms with E-state index in [1.807, 2.05) is 0 Å². The molecule has 0 radical (unpaired) electrons. The highest BCUT2D eigenvalue weighted by Crippen LogP contribution is 2.26. The summed E-state index contributed by atoms with van der Waals surface area (Å²) in [7, 11) is 2.28. The molecular weight excluding hydrogens is 220 g/mol. The third-order valence-corrected chi connectivity index (χ3v) is 5.11. The maximum atomic E-state index is 2.71. The summed E-state index contributed by atoms with van der Waals surface area (Å²) in [6.45, 7) is 11.6.